The normalized spacial score (nSPS) is 15.3. The molecule has 6 heteroatoms. The Kier molecular flexibility index (Phi) is 3.77. The van der Waals surface area contributed by atoms with E-state index in [4.69, 9.17) is 10.6 Å². The van der Waals surface area contributed by atoms with Gasteiger partial charge in [0, 0.05) is 13.0 Å². The lowest BCUT2D eigenvalue weighted by Gasteiger charge is -2.17. The number of aryl methyl sites for hydroxylation is 1. The first-order chi connectivity index (χ1) is 9.81. The Labute approximate surface area is 117 Å². The molecule has 3 N–H and O–H groups in total. The van der Waals surface area contributed by atoms with Crippen molar-refractivity contribution in [3.05, 3.63) is 47.0 Å². The molecule has 1 aromatic heterocycles. The fourth-order valence-electron chi connectivity index (χ4n) is 2.57. The molecule has 2 aromatic rings. The lowest BCUT2D eigenvalue weighted by atomic mass is 9.99. The molecule has 3 rings (SSSR count). The minimum atomic E-state index is 0.0235. The Bertz CT molecular complexity index is 595. The van der Waals surface area contributed by atoms with E-state index in [-0.39, 0.29) is 6.04 Å². The molecule has 0 aliphatic carbocycles. The number of hydrazine groups is 1. The molecule has 1 unspecified atom stereocenters. The van der Waals surface area contributed by atoms with Gasteiger partial charge in [-0.2, -0.15) is 5.10 Å². The van der Waals surface area contributed by atoms with Gasteiger partial charge in [-0.05, 0) is 23.6 Å². The predicted octanol–water partition coefficient (Wildman–Crippen LogP) is 1.08. The highest BCUT2D eigenvalue weighted by Gasteiger charge is 2.18. The van der Waals surface area contributed by atoms with E-state index in [2.05, 4.69) is 40.6 Å². The molecule has 1 aliphatic rings. The Morgan fingerprint density at radius 3 is 3.05 bits per heavy atom. The highest BCUT2D eigenvalue weighted by atomic mass is 16.5. The second-order valence-corrected chi connectivity index (χ2v) is 4.94. The molecule has 106 valence electrons. The fraction of sp³-hybridized carbons (Fsp3) is 0.429. The van der Waals surface area contributed by atoms with Gasteiger partial charge in [0.05, 0.1) is 19.3 Å². The molecule has 2 heterocycles. The summed E-state index contributed by atoms with van der Waals surface area (Å²) in [6.07, 6.45) is 2.30. The lowest BCUT2D eigenvalue weighted by molar-refractivity contribution is 0.134. The number of rotatable bonds is 5. The zero-order valence-corrected chi connectivity index (χ0v) is 11.5. The van der Waals surface area contributed by atoms with E-state index in [1.165, 1.54) is 11.1 Å². The van der Waals surface area contributed by atoms with Crippen molar-refractivity contribution in [2.24, 2.45) is 5.84 Å². The van der Waals surface area contributed by atoms with E-state index in [0.717, 1.165) is 17.9 Å². The first kappa shape index (κ1) is 13.2. The summed E-state index contributed by atoms with van der Waals surface area (Å²) >= 11 is 0. The molecule has 0 amide bonds. The van der Waals surface area contributed by atoms with Crippen LogP contribution in [0.25, 0.3) is 0 Å². The first-order valence-electron chi connectivity index (χ1n) is 6.84. The van der Waals surface area contributed by atoms with Gasteiger partial charge in [0.15, 0.2) is 0 Å². The molecule has 1 atom stereocenters. The molecule has 1 aliphatic heterocycles. The van der Waals surface area contributed by atoms with E-state index in [9.17, 15) is 0 Å². The van der Waals surface area contributed by atoms with Crippen LogP contribution >= 0.6 is 0 Å². The van der Waals surface area contributed by atoms with Crippen LogP contribution in [0.5, 0.6) is 0 Å². The zero-order valence-electron chi connectivity index (χ0n) is 11.5. The van der Waals surface area contributed by atoms with Crippen molar-refractivity contribution in [2.45, 2.75) is 39.1 Å². The number of hydrogen-bond donors (Lipinski definition) is 2. The number of ether oxygens (including phenoxy) is 1. The van der Waals surface area contributed by atoms with E-state index in [0.29, 0.717) is 19.6 Å². The van der Waals surface area contributed by atoms with Crippen LogP contribution in [-0.4, -0.2) is 14.8 Å². The SMILES string of the molecule is CCn1ncnc1CC(NN)c1ccc2c(c1)COC2. The average molecular weight is 273 g/mol. The Balaban J connectivity index is 1.83. The summed E-state index contributed by atoms with van der Waals surface area (Å²) in [6.45, 7) is 4.26. The van der Waals surface area contributed by atoms with E-state index in [1.54, 1.807) is 6.33 Å². The van der Waals surface area contributed by atoms with Gasteiger partial charge in [-0.15, -0.1) is 0 Å². The van der Waals surface area contributed by atoms with E-state index >= 15 is 0 Å². The van der Waals surface area contributed by atoms with Crippen LogP contribution in [0.15, 0.2) is 24.5 Å². The molecule has 6 nitrogen and oxygen atoms in total. The summed E-state index contributed by atoms with van der Waals surface area (Å²) in [5, 5.41) is 4.19. The molecule has 0 fully saturated rings. The molecule has 20 heavy (non-hydrogen) atoms. The van der Waals surface area contributed by atoms with Crippen LogP contribution in [0.4, 0.5) is 0 Å². The monoisotopic (exact) mass is 273 g/mol. The van der Waals surface area contributed by atoms with Crippen LogP contribution in [0, 0.1) is 0 Å². The van der Waals surface area contributed by atoms with Crippen molar-refractivity contribution >= 4 is 0 Å². The summed E-state index contributed by atoms with van der Waals surface area (Å²) in [6, 6.07) is 6.41. The number of benzene rings is 1. The van der Waals surface area contributed by atoms with Crippen LogP contribution in [0.3, 0.4) is 0 Å². The number of nitrogens with zero attached hydrogens (tertiary/aromatic N) is 3. The van der Waals surface area contributed by atoms with Gasteiger partial charge in [0.1, 0.15) is 12.2 Å². The summed E-state index contributed by atoms with van der Waals surface area (Å²) in [4.78, 5) is 4.30. The quantitative estimate of drug-likeness (QED) is 0.629. The summed E-state index contributed by atoms with van der Waals surface area (Å²) in [7, 11) is 0. The molecule has 0 spiro atoms. The van der Waals surface area contributed by atoms with Crippen LogP contribution in [0.1, 0.15) is 35.5 Å². The number of aromatic nitrogens is 3. The highest BCUT2D eigenvalue weighted by molar-refractivity contribution is 5.34. The fourth-order valence-corrected chi connectivity index (χ4v) is 2.57. The summed E-state index contributed by atoms with van der Waals surface area (Å²) < 4.78 is 7.34. The van der Waals surface area contributed by atoms with Gasteiger partial charge in [0.2, 0.25) is 0 Å². The topological polar surface area (TPSA) is 78.0 Å². The minimum absolute atomic E-state index is 0.0235. The number of hydrogen-bond acceptors (Lipinski definition) is 5. The molecule has 0 saturated heterocycles. The van der Waals surface area contributed by atoms with Gasteiger partial charge in [-0.3, -0.25) is 16.0 Å². The van der Waals surface area contributed by atoms with Crippen molar-refractivity contribution in [1.82, 2.24) is 20.2 Å². The maximum absolute atomic E-state index is 5.72. The van der Waals surface area contributed by atoms with Crippen molar-refractivity contribution in [1.29, 1.82) is 0 Å². The molecular formula is C14H19N5O. The van der Waals surface area contributed by atoms with Crippen LogP contribution in [-0.2, 0) is 30.9 Å². The van der Waals surface area contributed by atoms with Gasteiger partial charge in [-0.25, -0.2) is 4.98 Å². The van der Waals surface area contributed by atoms with Gasteiger partial charge in [0.25, 0.3) is 0 Å². The minimum Gasteiger partial charge on any atom is -0.372 e. The smallest absolute Gasteiger partial charge is 0.138 e. The molecule has 0 radical (unpaired) electrons. The predicted molar refractivity (Wildman–Crippen MR) is 74.4 cm³/mol. The third-order valence-electron chi connectivity index (χ3n) is 3.73. The molecular weight excluding hydrogens is 254 g/mol. The largest absolute Gasteiger partial charge is 0.372 e. The number of fused-ring (bicyclic) bond motifs is 1. The Morgan fingerprint density at radius 1 is 1.40 bits per heavy atom. The van der Waals surface area contributed by atoms with Crippen LogP contribution < -0.4 is 11.3 Å². The number of nitrogens with two attached hydrogens (primary N) is 1. The average Bonchev–Trinajstić information content (AvgIpc) is 3.12. The highest BCUT2D eigenvalue weighted by Crippen LogP contribution is 2.25. The van der Waals surface area contributed by atoms with E-state index < -0.39 is 0 Å². The van der Waals surface area contributed by atoms with Gasteiger partial charge >= 0.3 is 0 Å². The molecule has 0 bridgehead atoms. The molecule has 0 saturated carbocycles. The Hall–Kier alpha value is -1.76. The summed E-state index contributed by atoms with van der Waals surface area (Å²) in [5.41, 5.74) is 6.55. The third-order valence-corrected chi connectivity index (χ3v) is 3.73. The van der Waals surface area contributed by atoms with Crippen molar-refractivity contribution in [3.8, 4) is 0 Å². The third kappa shape index (κ3) is 2.45. The second-order valence-electron chi connectivity index (χ2n) is 4.94. The maximum Gasteiger partial charge on any atom is 0.138 e. The standard InChI is InChI=1S/C14H19N5O/c1-2-19-14(16-9-17-19)6-13(18-15)10-3-4-11-7-20-8-12(11)5-10/h3-5,9,13,18H,2,6-8,15H2,1H3. The zero-order chi connectivity index (χ0) is 13.9. The Morgan fingerprint density at radius 2 is 2.25 bits per heavy atom. The summed E-state index contributed by atoms with van der Waals surface area (Å²) in [5.74, 6) is 6.66. The van der Waals surface area contributed by atoms with Crippen molar-refractivity contribution < 1.29 is 4.74 Å². The van der Waals surface area contributed by atoms with Gasteiger partial charge in [-0.1, -0.05) is 18.2 Å². The maximum atomic E-state index is 5.72. The van der Waals surface area contributed by atoms with Crippen molar-refractivity contribution in [3.63, 3.8) is 0 Å². The molecule has 1 aromatic carbocycles. The van der Waals surface area contributed by atoms with Crippen LogP contribution in [0.2, 0.25) is 0 Å². The van der Waals surface area contributed by atoms with Gasteiger partial charge < -0.3 is 4.74 Å². The first-order valence-corrected chi connectivity index (χ1v) is 6.84. The van der Waals surface area contributed by atoms with Crippen molar-refractivity contribution in [2.75, 3.05) is 0 Å². The van der Waals surface area contributed by atoms with E-state index in [1.807, 2.05) is 4.68 Å². The number of nitrogens with one attached hydrogen (secondary N) is 1. The lowest BCUT2D eigenvalue weighted by Crippen LogP contribution is -2.30. The second kappa shape index (κ2) is 5.70.